The summed E-state index contributed by atoms with van der Waals surface area (Å²) in [5, 5.41) is 11.8. The number of ketones is 1. The van der Waals surface area contributed by atoms with Gasteiger partial charge in [0.05, 0.1) is 0 Å². The van der Waals surface area contributed by atoms with E-state index < -0.39 is 11.0 Å². The highest BCUT2D eigenvalue weighted by Gasteiger charge is 2.68. The SMILES string of the molecule is CC(=O)O[C@H]1CC[C@]2(C)[C@H]3CC[C@]4(C)[C@@H]([C@H](C)CCCC(C)C)CC[C@H]4[C@@H]3CC(=O)[C@@]2(O)C1. The van der Waals surface area contributed by atoms with Crippen LogP contribution in [0.2, 0.25) is 0 Å². The largest absolute Gasteiger partial charge is 0.462 e. The lowest BCUT2D eigenvalue weighted by Gasteiger charge is -2.63. The molecule has 4 nitrogen and oxygen atoms in total. The van der Waals surface area contributed by atoms with Crippen molar-refractivity contribution in [3.8, 4) is 0 Å². The highest BCUT2D eigenvalue weighted by Crippen LogP contribution is 2.68. The minimum atomic E-state index is -1.34. The Kier molecular flexibility index (Phi) is 6.84. The summed E-state index contributed by atoms with van der Waals surface area (Å²) in [6.07, 6.45) is 10.9. The number of fused-ring (bicyclic) bond motifs is 5. The lowest BCUT2D eigenvalue weighted by atomic mass is 9.42. The summed E-state index contributed by atoms with van der Waals surface area (Å²) in [4.78, 5) is 25.1. The van der Waals surface area contributed by atoms with Crippen molar-refractivity contribution in [1.29, 1.82) is 0 Å². The fraction of sp³-hybridized carbons (Fsp3) is 0.931. The molecule has 0 saturated heterocycles. The number of rotatable bonds is 6. The van der Waals surface area contributed by atoms with Gasteiger partial charge in [-0.15, -0.1) is 0 Å². The number of hydrogen-bond acceptors (Lipinski definition) is 4. The van der Waals surface area contributed by atoms with Crippen molar-refractivity contribution < 1.29 is 19.4 Å². The molecule has 0 aromatic carbocycles. The number of carbonyl (C=O) groups is 2. The molecule has 9 atom stereocenters. The van der Waals surface area contributed by atoms with E-state index in [-0.39, 0.29) is 24.3 Å². The molecule has 4 aliphatic carbocycles. The maximum atomic E-state index is 13.6. The van der Waals surface area contributed by atoms with Crippen LogP contribution in [0.3, 0.4) is 0 Å². The minimum Gasteiger partial charge on any atom is -0.462 e. The second kappa shape index (κ2) is 8.95. The molecule has 0 aromatic heterocycles. The summed E-state index contributed by atoms with van der Waals surface area (Å²) < 4.78 is 5.46. The molecule has 0 heterocycles. The number of esters is 1. The Morgan fingerprint density at radius 3 is 2.45 bits per heavy atom. The Morgan fingerprint density at radius 1 is 1.06 bits per heavy atom. The number of ether oxygens (including phenoxy) is 1. The highest BCUT2D eigenvalue weighted by atomic mass is 16.5. The number of Topliss-reactive ketones (excluding diaryl/α,β-unsaturated/α-hetero) is 1. The van der Waals surface area contributed by atoms with Crippen molar-refractivity contribution in [3.05, 3.63) is 0 Å². The molecule has 0 radical (unpaired) electrons. The van der Waals surface area contributed by atoms with Gasteiger partial charge in [-0.1, -0.05) is 53.9 Å². The van der Waals surface area contributed by atoms with Gasteiger partial charge in [0, 0.05) is 25.2 Å². The standard InChI is InChI=1S/C29H48O4/c1-18(2)8-7-9-19(3)23-10-11-24-22-16-26(31)29(32)17-21(33-20(4)30)12-15-28(29,6)25(22)13-14-27(23,24)5/h18-19,21-25,32H,7-17H2,1-6H3/t19-,21+,22+,23-,24+,25+,27-,28-,29+/m1/s1. The first-order chi connectivity index (χ1) is 15.4. The lowest BCUT2D eigenvalue weighted by Crippen LogP contribution is -2.67. The third-order valence-electron chi connectivity index (χ3n) is 11.1. The summed E-state index contributed by atoms with van der Waals surface area (Å²) in [5.74, 6) is 3.39. The molecule has 4 rings (SSSR count). The molecule has 0 aromatic rings. The first-order valence-corrected chi connectivity index (χ1v) is 13.8. The van der Waals surface area contributed by atoms with Gasteiger partial charge in [0.1, 0.15) is 11.7 Å². The van der Waals surface area contributed by atoms with Crippen LogP contribution < -0.4 is 0 Å². The van der Waals surface area contributed by atoms with E-state index in [0.29, 0.717) is 29.6 Å². The van der Waals surface area contributed by atoms with Gasteiger partial charge in [-0.2, -0.15) is 0 Å². The molecular formula is C29H48O4. The van der Waals surface area contributed by atoms with Crippen LogP contribution in [0.4, 0.5) is 0 Å². The van der Waals surface area contributed by atoms with E-state index in [2.05, 4.69) is 34.6 Å². The second-order valence-corrected chi connectivity index (χ2v) is 13.3. The molecule has 0 bridgehead atoms. The average molecular weight is 461 g/mol. The predicted molar refractivity (Wildman–Crippen MR) is 130 cm³/mol. The second-order valence-electron chi connectivity index (χ2n) is 13.3. The quantitative estimate of drug-likeness (QED) is 0.470. The van der Waals surface area contributed by atoms with E-state index in [9.17, 15) is 14.7 Å². The summed E-state index contributed by atoms with van der Waals surface area (Å²) in [6, 6.07) is 0. The molecule has 1 N–H and O–H groups in total. The van der Waals surface area contributed by atoms with E-state index >= 15 is 0 Å². The van der Waals surface area contributed by atoms with Crippen LogP contribution in [0, 0.1) is 46.3 Å². The molecule has 4 saturated carbocycles. The van der Waals surface area contributed by atoms with Crippen LogP contribution >= 0.6 is 0 Å². The smallest absolute Gasteiger partial charge is 0.302 e. The van der Waals surface area contributed by atoms with Gasteiger partial charge in [-0.05, 0) is 79.4 Å². The molecule has 4 aliphatic rings. The van der Waals surface area contributed by atoms with Gasteiger partial charge >= 0.3 is 5.97 Å². The Morgan fingerprint density at radius 2 is 1.79 bits per heavy atom. The third kappa shape index (κ3) is 4.10. The van der Waals surface area contributed by atoms with E-state index in [0.717, 1.165) is 37.0 Å². The maximum absolute atomic E-state index is 13.6. The summed E-state index contributed by atoms with van der Waals surface area (Å²) in [6.45, 7) is 13.2. The fourth-order valence-electron chi connectivity index (χ4n) is 9.36. The van der Waals surface area contributed by atoms with Gasteiger partial charge in [0.25, 0.3) is 0 Å². The van der Waals surface area contributed by atoms with Gasteiger partial charge in [0.2, 0.25) is 0 Å². The van der Waals surface area contributed by atoms with Crippen LogP contribution in [0.5, 0.6) is 0 Å². The zero-order valence-corrected chi connectivity index (χ0v) is 22.0. The molecule has 0 unspecified atom stereocenters. The Labute approximate surface area is 201 Å². The van der Waals surface area contributed by atoms with Crippen LogP contribution in [0.25, 0.3) is 0 Å². The van der Waals surface area contributed by atoms with E-state index in [1.807, 2.05) is 0 Å². The van der Waals surface area contributed by atoms with Gasteiger partial charge in [-0.25, -0.2) is 0 Å². The van der Waals surface area contributed by atoms with Crippen molar-refractivity contribution in [2.24, 2.45) is 46.3 Å². The highest BCUT2D eigenvalue weighted by molar-refractivity contribution is 5.89. The normalized spacial score (nSPS) is 45.8. The van der Waals surface area contributed by atoms with Crippen LogP contribution in [-0.2, 0) is 14.3 Å². The first-order valence-electron chi connectivity index (χ1n) is 13.8. The zero-order chi connectivity index (χ0) is 24.2. The average Bonchev–Trinajstić information content (AvgIpc) is 3.07. The van der Waals surface area contributed by atoms with E-state index in [1.54, 1.807) is 0 Å². The predicted octanol–water partition coefficient (Wildman–Crippen LogP) is 6.33. The van der Waals surface area contributed by atoms with Gasteiger partial charge in [-0.3, -0.25) is 9.59 Å². The monoisotopic (exact) mass is 460 g/mol. The Balaban J connectivity index is 1.52. The Hall–Kier alpha value is -0.900. The van der Waals surface area contributed by atoms with E-state index in [4.69, 9.17) is 4.74 Å². The van der Waals surface area contributed by atoms with Crippen molar-refractivity contribution in [3.63, 3.8) is 0 Å². The summed E-state index contributed by atoms with van der Waals surface area (Å²) >= 11 is 0. The molecule has 4 fully saturated rings. The van der Waals surface area contributed by atoms with Crippen molar-refractivity contribution in [1.82, 2.24) is 0 Å². The topological polar surface area (TPSA) is 63.6 Å². The van der Waals surface area contributed by atoms with E-state index in [1.165, 1.54) is 45.4 Å². The molecule has 0 aliphatic heterocycles. The molecule has 33 heavy (non-hydrogen) atoms. The third-order valence-corrected chi connectivity index (χ3v) is 11.1. The maximum Gasteiger partial charge on any atom is 0.302 e. The number of hydrogen-bond donors (Lipinski definition) is 1. The van der Waals surface area contributed by atoms with Gasteiger partial charge < -0.3 is 9.84 Å². The van der Waals surface area contributed by atoms with Crippen LogP contribution in [0.1, 0.15) is 112 Å². The van der Waals surface area contributed by atoms with Crippen LogP contribution in [-0.4, -0.2) is 28.6 Å². The zero-order valence-electron chi connectivity index (χ0n) is 22.0. The first kappa shape index (κ1) is 25.2. The number of carbonyl (C=O) groups excluding carboxylic acids is 2. The van der Waals surface area contributed by atoms with Crippen molar-refractivity contribution in [2.75, 3.05) is 0 Å². The van der Waals surface area contributed by atoms with Crippen LogP contribution in [0.15, 0.2) is 0 Å². The van der Waals surface area contributed by atoms with Crippen molar-refractivity contribution in [2.45, 2.75) is 124 Å². The van der Waals surface area contributed by atoms with Crippen molar-refractivity contribution >= 4 is 11.8 Å². The molecule has 0 amide bonds. The molecular weight excluding hydrogens is 412 g/mol. The molecule has 4 heteroatoms. The lowest BCUT2D eigenvalue weighted by molar-refractivity contribution is -0.217. The Bertz CT molecular complexity index is 761. The fourth-order valence-corrected chi connectivity index (χ4v) is 9.36. The number of aliphatic hydroxyl groups is 1. The molecule has 0 spiro atoms. The minimum absolute atomic E-state index is 0.0146. The molecule has 188 valence electrons. The summed E-state index contributed by atoms with van der Waals surface area (Å²) in [5.41, 5.74) is -1.41. The summed E-state index contributed by atoms with van der Waals surface area (Å²) in [7, 11) is 0. The van der Waals surface area contributed by atoms with Gasteiger partial charge in [0.15, 0.2) is 5.78 Å².